The predicted molar refractivity (Wildman–Crippen MR) is 122 cm³/mol. The van der Waals surface area contributed by atoms with Crippen molar-refractivity contribution in [1.82, 2.24) is 14.9 Å². The van der Waals surface area contributed by atoms with Crippen molar-refractivity contribution in [2.24, 2.45) is 5.92 Å². The van der Waals surface area contributed by atoms with E-state index < -0.39 is 0 Å². The van der Waals surface area contributed by atoms with Gasteiger partial charge in [0.15, 0.2) is 11.6 Å². The second-order valence-corrected chi connectivity index (χ2v) is 8.83. The molecule has 4 rings (SSSR count). The Balaban J connectivity index is 1.52. The quantitative estimate of drug-likeness (QED) is 0.672. The minimum atomic E-state index is -0.121. The molecule has 1 amide bonds. The van der Waals surface area contributed by atoms with Gasteiger partial charge in [0, 0.05) is 13.1 Å². The number of hydrogen-bond acceptors (Lipinski definition) is 7. The van der Waals surface area contributed by atoms with Crippen molar-refractivity contribution in [2.45, 2.75) is 46.2 Å². The molecule has 0 bridgehead atoms. The molecule has 2 aromatic rings. The first-order valence-corrected chi connectivity index (χ1v) is 11.1. The smallest absolute Gasteiger partial charge is 0.320 e. The van der Waals surface area contributed by atoms with Gasteiger partial charge in [-0.25, -0.2) is 0 Å². The maximum atomic E-state index is 12.3. The molecule has 3 N–H and O–H groups in total. The van der Waals surface area contributed by atoms with Gasteiger partial charge in [0.1, 0.15) is 5.69 Å². The van der Waals surface area contributed by atoms with Gasteiger partial charge in [0.05, 0.1) is 13.2 Å². The van der Waals surface area contributed by atoms with Crippen LogP contribution >= 0.6 is 0 Å². The molecule has 2 aliphatic rings. The lowest BCUT2D eigenvalue weighted by molar-refractivity contribution is -0.115. The molecule has 166 valence electrons. The first kappa shape index (κ1) is 21.4. The van der Waals surface area contributed by atoms with Gasteiger partial charge in [-0.05, 0) is 49.4 Å². The average molecular weight is 425 g/mol. The third-order valence-corrected chi connectivity index (χ3v) is 5.69. The van der Waals surface area contributed by atoms with Crippen LogP contribution in [0.2, 0.25) is 0 Å². The molecule has 2 aliphatic heterocycles. The van der Waals surface area contributed by atoms with Crippen molar-refractivity contribution < 1.29 is 9.53 Å². The monoisotopic (exact) mass is 424 g/mol. The lowest BCUT2D eigenvalue weighted by Crippen LogP contribution is -2.39. The van der Waals surface area contributed by atoms with Crippen LogP contribution < -0.4 is 20.7 Å². The first-order chi connectivity index (χ1) is 15.0. The summed E-state index contributed by atoms with van der Waals surface area (Å²) in [6.45, 7) is 8.89. The van der Waals surface area contributed by atoms with Crippen LogP contribution in [0.4, 0.5) is 17.3 Å². The Hall–Kier alpha value is -2.87. The third kappa shape index (κ3) is 5.44. The Morgan fingerprint density at radius 2 is 1.90 bits per heavy atom. The Bertz CT molecular complexity index is 926. The van der Waals surface area contributed by atoms with Crippen LogP contribution in [0.5, 0.6) is 6.01 Å². The highest BCUT2D eigenvalue weighted by molar-refractivity contribution is 6.03. The highest BCUT2D eigenvalue weighted by Crippen LogP contribution is 2.34. The van der Waals surface area contributed by atoms with Crippen LogP contribution in [0.25, 0.3) is 0 Å². The van der Waals surface area contributed by atoms with E-state index in [1.54, 1.807) is 0 Å². The number of nitrogens with zero attached hydrogens (tertiary/aromatic N) is 4. The molecule has 1 aromatic heterocycles. The SMILES string of the molecule is CC(C)CCOc1nc(N)c2c(n1)N(Cc1cccc(CN3CCCC3)c1)CC(=O)N2. The summed E-state index contributed by atoms with van der Waals surface area (Å²) >= 11 is 0. The number of hydrogen-bond donors (Lipinski definition) is 2. The number of amides is 1. The number of aromatic nitrogens is 2. The van der Waals surface area contributed by atoms with Crippen LogP contribution in [0.3, 0.4) is 0 Å². The second kappa shape index (κ2) is 9.51. The van der Waals surface area contributed by atoms with Gasteiger partial charge < -0.3 is 20.7 Å². The highest BCUT2D eigenvalue weighted by atomic mass is 16.5. The van der Waals surface area contributed by atoms with Crippen LogP contribution in [-0.4, -0.2) is 47.0 Å². The molecule has 1 fully saturated rings. The molecule has 8 nitrogen and oxygen atoms in total. The van der Waals surface area contributed by atoms with Crippen molar-refractivity contribution in [1.29, 1.82) is 0 Å². The Kier molecular flexibility index (Phi) is 6.56. The number of nitrogens with one attached hydrogen (secondary N) is 1. The van der Waals surface area contributed by atoms with Crippen molar-refractivity contribution in [3.05, 3.63) is 35.4 Å². The molecule has 1 saturated heterocycles. The molecule has 0 aliphatic carbocycles. The van der Waals surface area contributed by atoms with Crippen molar-refractivity contribution in [3.63, 3.8) is 0 Å². The molecule has 0 radical (unpaired) electrons. The lowest BCUT2D eigenvalue weighted by Gasteiger charge is -2.30. The fourth-order valence-corrected chi connectivity index (χ4v) is 4.05. The van der Waals surface area contributed by atoms with E-state index in [9.17, 15) is 4.79 Å². The van der Waals surface area contributed by atoms with Gasteiger partial charge in [-0.15, -0.1) is 0 Å². The van der Waals surface area contributed by atoms with E-state index in [0.29, 0.717) is 30.6 Å². The molecule has 8 heteroatoms. The number of ether oxygens (including phenoxy) is 1. The number of rotatable bonds is 8. The molecule has 1 aromatic carbocycles. The zero-order valence-electron chi connectivity index (χ0n) is 18.4. The largest absolute Gasteiger partial charge is 0.463 e. The Labute approximate surface area is 183 Å². The van der Waals surface area contributed by atoms with Crippen LogP contribution in [-0.2, 0) is 17.9 Å². The zero-order valence-corrected chi connectivity index (χ0v) is 18.4. The van der Waals surface area contributed by atoms with E-state index in [4.69, 9.17) is 10.5 Å². The van der Waals surface area contributed by atoms with Gasteiger partial charge in [-0.1, -0.05) is 38.1 Å². The van der Waals surface area contributed by atoms with Crippen LogP contribution in [0.15, 0.2) is 24.3 Å². The van der Waals surface area contributed by atoms with E-state index >= 15 is 0 Å². The predicted octanol–water partition coefficient (Wildman–Crippen LogP) is 3.04. The molecule has 0 saturated carbocycles. The molecule has 3 heterocycles. The maximum absolute atomic E-state index is 12.3. The Morgan fingerprint density at radius 3 is 2.65 bits per heavy atom. The van der Waals surface area contributed by atoms with Gasteiger partial charge in [-0.3, -0.25) is 9.69 Å². The fourth-order valence-electron chi connectivity index (χ4n) is 4.05. The topological polar surface area (TPSA) is 96.6 Å². The van der Waals surface area contributed by atoms with Gasteiger partial charge in [0.25, 0.3) is 0 Å². The molecule has 0 atom stereocenters. The summed E-state index contributed by atoms with van der Waals surface area (Å²) in [6, 6.07) is 8.81. The summed E-state index contributed by atoms with van der Waals surface area (Å²) in [5.74, 6) is 1.24. The lowest BCUT2D eigenvalue weighted by atomic mass is 10.1. The molecular formula is C23H32N6O2. The highest BCUT2D eigenvalue weighted by Gasteiger charge is 2.27. The summed E-state index contributed by atoms with van der Waals surface area (Å²) in [5, 5.41) is 2.81. The molecular weight excluding hydrogens is 392 g/mol. The number of fused-ring (bicyclic) bond motifs is 1. The van der Waals surface area contributed by atoms with E-state index in [0.717, 1.165) is 18.5 Å². The second-order valence-electron chi connectivity index (χ2n) is 8.83. The molecule has 0 spiro atoms. The van der Waals surface area contributed by atoms with E-state index in [-0.39, 0.29) is 24.3 Å². The first-order valence-electron chi connectivity index (χ1n) is 11.1. The average Bonchev–Trinajstić information content (AvgIpc) is 3.22. The molecule has 31 heavy (non-hydrogen) atoms. The van der Waals surface area contributed by atoms with Gasteiger partial charge >= 0.3 is 6.01 Å². The number of anilines is 3. The Morgan fingerprint density at radius 1 is 1.16 bits per heavy atom. The number of benzene rings is 1. The summed E-state index contributed by atoms with van der Waals surface area (Å²) in [4.78, 5) is 25.5. The number of carbonyl (C=O) groups excluding carboxylic acids is 1. The van der Waals surface area contributed by atoms with E-state index in [2.05, 4.69) is 58.3 Å². The summed E-state index contributed by atoms with van der Waals surface area (Å²) in [5.41, 5.74) is 9.02. The number of nitrogen functional groups attached to an aromatic ring is 1. The minimum absolute atomic E-state index is 0.121. The minimum Gasteiger partial charge on any atom is -0.463 e. The normalized spacial score (nSPS) is 16.5. The number of nitrogens with two attached hydrogens (primary N) is 1. The van der Waals surface area contributed by atoms with Crippen molar-refractivity contribution in [3.8, 4) is 6.01 Å². The zero-order chi connectivity index (χ0) is 21.8. The van der Waals surface area contributed by atoms with Crippen LogP contribution in [0.1, 0.15) is 44.2 Å². The number of carbonyl (C=O) groups is 1. The number of likely N-dealkylation sites (tertiary alicyclic amines) is 1. The van der Waals surface area contributed by atoms with Crippen molar-refractivity contribution >= 4 is 23.2 Å². The molecule has 0 unspecified atom stereocenters. The van der Waals surface area contributed by atoms with Gasteiger partial charge in [0.2, 0.25) is 5.91 Å². The van der Waals surface area contributed by atoms with Gasteiger partial charge in [-0.2, -0.15) is 9.97 Å². The van der Waals surface area contributed by atoms with Crippen LogP contribution in [0, 0.1) is 5.92 Å². The standard InChI is InChI=1S/C23H32N6O2/c1-16(2)8-11-31-23-26-21(24)20-22(27-23)29(15-19(30)25-20)14-18-7-5-6-17(12-18)13-28-9-3-4-10-28/h5-7,12,16H,3-4,8-11,13-15H2,1-2H3,(H,25,30)(H2,24,26,27). The third-order valence-electron chi connectivity index (χ3n) is 5.69. The fraction of sp³-hybridized carbons (Fsp3) is 0.522. The summed E-state index contributed by atoms with van der Waals surface area (Å²) in [7, 11) is 0. The summed E-state index contributed by atoms with van der Waals surface area (Å²) < 4.78 is 5.74. The maximum Gasteiger partial charge on any atom is 0.320 e. The van der Waals surface area contributed by atoms with Crippen molar-refractivity contribution in [2.75, 3.05) is 42.2 Å². The van der Waals surface area contributed by atoms with E-state index in [1.807, 2.05) is 4.90 Å². The summed E-state index contributed by atoms with van der Waals surface area (Å²) in [6.07, 6.45) is 3.47. The van der Waals surface area contributed by atoms with E-state index in [1.165, 1.54) is 31.5 Å².